The molecule has 0 atom stereocenters. The molecule has 0 spiro atoms. The third kappa shape index (κ3) is 2.54. The zero-order valence-electron chi connectivity index (χ0n) is 11.2. The summed E-state index contributed by atoms with van der Waals surface area (Å²) in [5.41, 5.74) is 2.80. The number of aryl methyl sites for hydroxylation is 1. The molecule has 1 aliphatic carbocycles. The minimum Gasteiger partial charge on any atom is -0.306 e. The number of anilines is 1. The molecule has 1 aromatic heterocycles. The van der Waals surface area contributed by atoms with Gasteiger partial charge in [-0.3, -0.25) is 4.79 Å². The number of amides is 1. The Kier molecular flexibility index (Phi) is 3.69. The van der Waals surface area contributed by atoms with Crippen molar-refractivity contribution >= 4 is 23.5 Å². The molecule has 1 amide bonds. The zero-order valence-corrected chi connectivity index (χ0v) is 12.0. The molecular weight excluding hydrogens is 270 g/mol. The van der Waals surface area contributed by atoms with Crippen molar-refractivity contribution in [2.75, 3.05) is 11.6 Å². The summed E-state index contributed by atoms with van der Waals surface area (Å²) < 4.78 is 0. The summed E-state index contributed by atoms with van der Waals surface area (Å²) in [5.74, 6) is 0.542. The van der Waals surface area contributed by atoms with Gasteiger partial charge in [-0.05, 0) is 43.7 Å². The van der Waals surface area contributed by atoms with Crippen LogP contribution in [0.2, 0.25) is 0 Å². The molecule has 102 valence electrons. The third-order valence-electron chi connectivity index (χ3n) is 3.44. The molecule has 20 heavy (non-hydrogen) atoms. The fraction of sp³-hybridized carbons (Fsp3) is 0.267. The van der Waals surface area contributed by atoms with Gasteiger partial charge in [-0.25, -0.2) is 9.97 Å². The van der Waals surface area contributed by atoms with Crippen molar-refractivity contribution in [1.82, 2.24) is 9.97 Å². The Morgan fingerprint density at radius 2 is 2.20 bits per heavy atom. The van der Waals surface area contributed by atoms with Gasteiger partial charge >= 0.3 is 0 Å². The molecule has 1 aliphatic rings. The summed E-state index contributed by atoms with van der Waals surface area (Å²) in [4.78, 5) is 21.8. The minimum absolute atomic E-state index is 0.117. The van der Waals surface area contributed by atoms with Crippen LogP contribution in [0, 0.1) is 0 Å². The minimum atomic E-state index is -0.117. The molecule has 0 unspecified atom stereocenters. The normalized spacial score (nSPS) is 13.1. The smallest absolute Gasteiger partial charge is 0.256 e. The molecule has 1 N–H and O–H groups in total. The molecule has 0 radical (unpaired) electrons. The van der Waals surface area contributed by atoms with Gasteiger partial charge in [0.05, 0.1) is 0 Å². The van der Waals surface area contributed by atoms with E-state index in [0.717, 1.165) is 35.4 Å². The van der Waals surface area contributed by atoms with Crippen LogP contribution in [0.15, 0.2) is 35.5 Å². The van der Waals surface area contributed by atoms with E-state index < -0.39 is 0 Å². The van der Waals surface area contributed by atoms with E-state index in [1.54, 1.807) is 11.8 Å². The Balaban J connectivity index is 1.84. The molecule has 1 aromatic carbocycles. The lowest BCUT2D eigenvalue weighted by Crippen LogP contribution is -2.15. The molecule has 0 saturated heterocycles. The Hall–Kier alpha value is -1.88. The maximum absolute atomic E-state index is 12.3. The van der Waals surface area contributed by atoms with Crippen molar-refractivity contribution in [2.45, 2.75) is 24.2 Å². The molecule has 3 rings (SSSR count). The molecule has 2 aromatic rings. The van der Waals surface area contributed by atoms with Crippen molar-refractivity contribution in [3.8, 4) is 0 Å². The number of hydrogen-bond acceptors (Lipinski definition) is 4. The van der Waals surface area contributed by atoms with Gasteiger partial charge in [-0.2, -0.15) is 0 Å². The summed E-state index contributed by atoms with van der Waals surface area (Å²) >= 11 is 1.62. The Bertz CT molecular complexity index is 657. The molecule has 0 bridgehead atoms. The van der Waals surface area contributed by atoms with Crippen LogP contribution < -0.4 is 5.32 Å². The number of rotatable bonds is 3. The number of carbonyl (C=O) groups is 1. The number of carbonyl (C=O) groups excluding carboxylic acids is 1. The Morgan fingerprint density at radius 1 is 1.30 bits per heavy atom. The van der Waals surface area contributed by atoms with Crippen molar-refractivity contribution < 1.29 is 4.79 Å². The summed E-state index contributed by atoms with van der Waals surface area (Å²) in [6.45, 7) is 0. The van der Waals surface area contributed by atoms with Crippen LogP contribution in [0.1, 0.15) is 28.0 Å². The quantitative estimate of drug-likeness (QED) is 0.881. The van der Waals surface area contributed by atoms with Gasteiger partial charge < -0.3 is 5.32 Å². The van der Waals surface area contributed by atoms with Crippen LogP contribution >= 0.6 is 11.8 Å². The lowest BCUT2D eigenvalue weighted by atomic mass is 10.2. The SMILES string of the molecule is CSc1cccc(C(=O)Nc2ncnc3c2CCC3)c1. The molecular formula is C15H15N3OS. The van der Waals surface area contributed by atoms with E-state index in [9.17, 15) is 4.79 Å². The fourth-order valence-electron chi connectivity index (χ4n) is 2.41. The second kappa shape index (κ2) is 5.63. The standard InChI is InChI=1S/C15H15N3OS/c1-20-11-5-2-4-10(8-11)15(19)18-14-12-6-3-7-13(12)16-9-17-14/h2,4-5,8-9H,3,6-7H2,1H3,(H,16,17,18,19). The number of benzene rings is 1. The van der Waals surface area contributed by atoms with Gasteiger partial charge in [0.2, 0.25) is 0 Å². The van der Waals surface area contributed by atoms with Gasteiger partial charge in [-0.15, -0.1) is 11.8 Å². The van der Waals surface area contributed by atoms with E-state index >= 15 is 0 Å². The summed E-state index contributed by atoms with van der Waals surface area (Å²) in [6, 6.07) is 7.59. The van der Waals surface area contributed by atoms with E-state index in [1.807, 2.05) is 30.5 Å². The first kappa shape index (κ1) is 13.1. The van der Waals surface area contributed by atoms with Crippen LogP contribution in [-0.4, -0.2) is 22.1 Å². The Morgan fingerprint density at radius 3 is 3.05 bits per heavy atom. The molecule has 1 heterocycles. The Labute approximate surface area is 122 Å². The van der Waals surface area contributed by atoms with Crippen LogP contribution in [0.5, 0.6) is 0 Å². The number of fused-ring (bicyclic) bond motifs is 1. The van der Waals surface area contributed by atoms with Gasteiger partial charge in [-0.1, -0.05) is 6.07 Å². The predicted molar refractivity (Wildman–Crippen MR) is 80.2 cm³/mol. The van der Waals surface area contributed by atoms with Gasteiger partial charge in [0.1, 0.15) is 12.1 Å². The maximum Gasteiger partial charge on any atom is 0.256 e. The van der Waals surface area contributed by atoms with Crippen LogP contribution in [0.3, 0.4) is 0 Å². The van der Waals surface area contributed by atoms with Crippen molar-refractivity contribution in [3.63, 3.8) is 0 Å². The topological polar surface area (TPSA) is 54.9 Å². The lowest BCUT2D eigenvalue weighted by molar-refractivity contribution is 0.102. The van der Waals surface area contributed by atoms with Gasteiger partial charge in [0, 0.05) is 21.7 Å². The summed E-state index contributed by atoms with van der Waals surface area (Å²) in [7, 11) is 0. The largest absolute Gasteiger partial charge is 0.306 e. The zero-order chi connectivity index (χ0) is 13.9. The number of aromatic nitrogens is 2. The van der Waals surface area contributed by atoms with E-state index in [-0.39, 0.29) is 5.91 Å². The highest BCUT2D eigenvalue weighted by Crippen LogP contribution is 2.25. The van der Waals surface area contributed by atoms with E-state index in [0.29, 0.717) is 11.4 Å². The predicted octanol–water partition coefficient (Wildman–Crippen LogP) is 2.94. The van der Waals surface area contributed by atoms with E-state index in [2.05, 4.69) is 15.3 Å². The molecule has 0 saturated carbocycles. The summed E-state index contributed by atoms with van der Waals surface area (Å²) in [6.07, 6.45) is 6.52. The number of thioether (sulfide) groups is 1. The van der Waals surface area contributed by atoms with Gasteiger partial charge in [0.15, 0.2) is 0 Å². The first-order valence-corrected chi connectivity index (χ1v) is 7.78. The molecule has 0 aliphatic heterocycles. The third-order valence-corrected chi connectivity index (χ3v) is 4.16. The van der Waals surface area contributed by atoms with Crippen molar-refractivity contribution in [1.29, 1.82) is 0 Å². The average Bonchev–Trinajstić information content (AvgIpc) is 2.97. The second-order valence-electron chi connectivity index (χ2n) is 4.69. The molecule has 0 fully saturated rings. The average molecular weight is 285 g/mol. The van der Waals surface area contributed by atoms with Crippen LogP contribution in [-0.2, 0) is 12.8 Å². The van der Waals surface area contributed by atoms with Crippen molar-refractivity contribution in [3.05, 3.63) is 47.4 Å². The fourth-order valence-corrected chi connectivity index (χ4v) is 2.87. The number of nitrogens with zero attached hydrogens (tertiary/aromatic N) is 2. The summed E-state index contributed by atoms with van der Waals surface area (Å²) in [5, 5.41) is 2.91. The van der Waals surface area contributed by atoms with Crippen molar-refractivity contribution in [2.24, 2.45) is 0 Å². The maximum atomic E-state index is 12.3. The molecule has 4 nitrogen and oxygen atoms in total. The number of nitrogens with one attached hydrogen (secondary N) is 1. The second-order valence-corrected chi connectivity index (χ2v) is 5.57. The van der Waals surface area contributed by atoms with Crippen LogP contribution in [0.25, 0.3) is 0 Å². The first-order valence-electron chi connectivity index (χ1n) is 6.56. The lowest BCUT2D eigenvalue weighted by Gasteiger charge is -2.09. The van der Waals surface area contributed by atoms with Gasteiger partial charge in [0.25, 0.3) is 5.91 Å². The monoisotopic (exact) mass is 285 g/mol. The first-order chi connectivity index (χ1) is 9.78. The molecule has 5 heteroatoms. The highest BCUT2D eigenvalue weighted by atomic mass is 32.2. The van der Waals surface area contributed by atoms with Crippen LogP contribution in [0.4, 0.5) is 5.82 Å². The highest BCUT2D eigenvalue weighted by molar-refractivity contribution is 7.98. The number of hydrogen-bond donors (Lipinski definition) is 1. The van der Waals surface area contributed by atoms with E-state index in [4.69, 9.17) is 0 Å². The highest BCUT2D eigenvalue weighted by Gasteiger charge is 2.18. The van der Waals surface area contributed by atoms with E-state index in [1.165, 1.54) is 6.33 Å².